The van der Waals surface area contributed by atoms with Crippen LogP contribution >= 0.6 is 0 Å². The largest absolute Gasteiger partial charge is 0.481 e. The molecule has 2 aromatic heterocycles. The highest BCUT2D eigenvalue weighted by atomic mass is 16.5. The number of methoxy groups -OCH3 is 1. The molecule has 7 nitrogen and oxygen atoms in total. The molecule has 0 bridgehead atoms. The Labute approximate surface area is 127 Å². The molecule has 0 spiro atoms. The highest BCUT2D eigenvalue weighted by molar-refractivity contribution is 5.54. The van der Waals surface area contributed by atoms with E-state index in [1.807, 2.05) is 24.3 Å². The Morgan fingerprint density at radius 1 is 1.18 bits per heavy atom. The van der Waals surface area contributed by atoms with Crippen LogP contribution in [0.15, 0.2) is 41.2 Å². The van der Waals surface area contributed by atoms with E-state index >= 15 is 0 Å². The molecule has 0 aliphatic rings. The lowest BCUT2D eigenvalue weighted by atomic mass is 10.1. The first-order valence-electron chi connectivity index (χ1n) is 6.74. The molecule has 112 valence electrons. The van der Waals surface area contributed by atoms with Gasteiger partial charge in [-0.2, -0.15) is 4.98 Å². The molecule has 0 unspecified atom stereocenters. The average Bonchev–Trinajstić information content (AvgIpc) is 3.00. The number of nitrogens with zero attached hydrogens (tertiary/aromatic N) is 4. The minimum Gasteiger partial charge on any atom is -0.481 e. The maximum Gasteiger partial charge on any atom is 0.223 e. The molecular formula is C15H15N5O2. The average molecular weight is 297 g/mol. The summed E-state index contributed by atoms with van der Waals surface area (Å²) in [5.41, 5.74) is 2.03. The van der Waals surface area contributed by atoms with Gasteiger partial charge in [0.25, 0.3) is 0 Å². The normalized spacial score (nSPS) is 10.5. The van der Waals surface area contributed by atoms with E-state index in [0.29, 0.717) is 30.0 Å². The fourth-order valence-electron chi connectivity index (χ4n) is 1.93. The van der Waals surface area contributed by atoms with Crippen LogP contribution in [-0.2, 0) is 6.54 Å². The number of aromatic nitrogens is 4. The Balaban J connectivity index is 1.66. The number of hydrogen-bond acceptors (Lipinski definition) is 7. The first kappa shape index (κ1) is 14.0. The molecule has 0 aliphatic carbocycles. The number of ether oxygens (including phenoxy) is 1. The number of aryl methyl sites for hydroxylation is 1. The summed E-state index contributed by atoms with van der Waals surface area (Å²) in [6.07, 6.45) is 1.46. The summed E-state index contributed by atoms with van der Waals surface area (Å²) >= 11 is 0. The van der Waals surface area contributed by atoms with Crippen molar-refractivity contribution in [3.8, 4) is 17.3 Å². The van der Waals surface area contributed by atoms with Gasteiger partial charge in [-0.05, 0) is 5.56 Å². The topological polar surface area (TPSA) is 86.0 Å². The molecule has 0 atom stereocenters. The van der Waals surface area contributed by atoms with Gasteiger partial charge < -0.3 is 14.6 Å². The predicted molar refractivity (Wildman–Crippen MR) is 80.4 cm³/mol. The highest BCUT2D eigenvalue weighted by Crippen LogP contribution is 2.17. The second-order valence-corrected chi connectivity index (χ2v) is 4.63. The van der Waals surface area contributed by atoms with Gasteiger partial charge in [0, 0.05) is 25.1 Å². The third kappa shape index (κ3) is 3.20. The number of nitrogens with one attached hydrogen (secondary N) is 1. The Bertz CT molecular complexity index is 755. The minimum atomic E-state index is 0.528. The molecule has 0 fully saturated rings. The van der Waals surface area contributed by atoms with Gasteiger partial charge in [0.05, 0.1) is 7.11 Å². The Kier molecular flexibility index (Phi) is 3.95. The Morgan fingerprint density at radius 2 is 2.00 bits per heavy atom. The van der Waals surface area contributed by atoms with Crippen LogP contribution in [0.1, 0.15) is 11.5 Å². The first-order valence-corrected chi connectivity index (χ1v) is 6.74. The van der Waals surface area contributed by atoms with Gasteiger partial charge in [0.15, 0.2) is 0 Å². The lowest BCUT2D eigenvalue weighted by molar-refractivity contribution is 0.394. The highest BCUT2D eigenvalue weighted by Gasteiger charge is 2.05. The van der Waals surface area contributed by atoms with E-state index in [4.69, 9.17) is 9.26 Å². The summed E-state index contributed by atoms with van der Waals surface area (Å²) in [6.45, 7) is 2.41. The zero-order valence-electron chi connectivity index (χ0n) is 12.3. The van der Waals surface area contributed by atoms with Gasteiger partial charge >= 0.3 is 0 Å². The number of anilines is 1. The number of hydrogen-bond donors (Lipinski definition) is 1. The van der Waals surface area contributed by atoms with Crippen molar-refractivity contribution < 1.29 is 9.26 Å². The van der Waals surface area contributed by atoms with Gasteiger partial charge in [-0.15, -0.1) is 0 Å². The molecular weight excluding hydrogens is 282 g/mol. The molecule has 3 rings (SSSR count). The van der Waals surface area contributed by atoms with Crippen LogP contribution in [0, 0.1) is 6.92 Å². The molecule has 3 aromatic rings. The maximum absolute atomic E-state index is 5.06. The molecule has 0 saturated carbocycles. The molecule has 1 N–H and O–H groups in total. The van der Waals surface area contributed by atoms with Crippen molar-refractivity contribution in [2.24, 2.45) is 0 Å². The zero-order chi connectivity index (χ0) is 15.4. The van der Waals surface area contributed by atoms with Crippen molar-refractivity contribution >= 4 is 5.82 Å². The van der Waals surface area contributed by atoms with E-state index in [1.165, 1.54) is 6.33 Å². The third-order valence-electron chi connectivity index (χ3n) is 3.06. The molecule has 22 heavy (non-hydrogen) atoms. The molecule has 0 amide bonds. The van der Waals surface area contributed by atoms with Gasteiger partial charge in [0.1, 0.15) is 12.1 Å². The lowest BCUT2D eigenvalue weighted by Gasteiger charge is -2.06. The van der Waals surface area contributed by atoms with E-state index in [-0.39, 0.29) is 0 Å². The first-order chi connectivity index (χ1) is 10.7. The number of rotatable bonds is 5. The second kappa shape index (κ2) is 6.21. The summed E-state index contributed by atoms with van der Waals surface area (Å²) < 4.78 is 10.0. The third-order valence-corrected chi connectivity index (χ3v) is 3.06. The second-order valence-electron chi connectivity index (χ2n) is 4.63. The predicted octanol–water partition coefficient (Wildman–Crippen LogP) is 2.46. The minimum absolute atomic E-state index is 0.528. The lowest BCUT2D eigenvalue weighted by Crippen LogP contribution is -2.02. The standard InChI is InChI=1S/C15H15N5O2/c1-10-19-15(20-22-10)12-5-3-11(4-6-12)8-16-13-7-14(21-2)18-9-17-13/h3-7,9H,8H2,1-2H3,(H,16,17,18). The van der Waals surface area contributed by atoms with E-state index < -0.39 is 0 Å². The summed E-state index contributed by atoms with van der Waals surface area (Å²) in [5, 5.41) is 7.11. The summed E-state index contributed by atoms with van der Waals surface area (Å²) in [4.78, 5) is 12.3. The molecule has 0 aliphatic heterocycles. The van der Waals surface area contributed by atoms with Crippen LogP contribution in [0.4, 0.5) is 5.82 Å². The van der Waals surface area contributed by atoms with Crippen LogP contribution in [-0.4, -0.2) is 27.2 Å². The van der Waals surface area contributed by atoms with Gasteiger partial charge in [-0.1, -0.05) is 29.4 Å². The molecule has 1 aromatic carbocycles. The fraction of sp³-hybridized carbons (Fsp3) is 0.200. The molecule has 0 radical (unpaired) electrons. The van der Waals surface area contributed by atoms with E-state index in [9.17, 15) is 0 Å². The Morgan fingerprint density at radius 3 is 2.68 bits per heavy atom. The van der Waals surface area contributed by atoms with Crippen molar-refractivity contribution in [2.75, 3.05) is 12.4 Å². The van der Waals surface area contributed by atoms with Gasteiger partial charge in [-0.25, -0.2) is 9.97 Å². The number of benzene rings is 1. The molecule has 2 heterocycles. The van der Waals surface area contributed by atoms with Crippen LogP contribution in [0.25, 0.3) is 11.4 Å². The van der Waals surface area contributed by atoms with Crippen molar-refractivity contribution in [2.45, 2.75) is 13.5 Å². The quantitative estimate of drug-likeness (QED) is 0.774. The molecule has 0 saturated heterocycles. The van der Waals surface area contributed by atoms with E-state index in [0.717, 1.165) is 11.1 Å². The zero-order valence-corrected chi connectivity index (χ0v) is 12.3. The van der Waals surface area contributed by atoms with Crippen molar-refractivity contribution in [1.29, 1.82) is 0 Å². The van der Waals surface area contributed by atoms with Crippen LogP contribution in [0.3, 0.4) is 0 Å². The summed E-state index contributed by atoms with van der Waals surface area (Å²) in [6, 6.07) is 9.68. The maximum atomic E-state index is 5.06. The van der Waals surface area contributed by atoms with E-state index in [2.05, 4.69) is 25.4 Å². The van der Waals surface area contributed by atoms with Crippen molar-refractivity contribution in [1.82, 2.24) is 20.1 Å². The summed E-state index contributed by atoms with van der Waals surface area (Å²) in [5.74, 6) is 2.39. The van der Waals surface area contributed by atoms with Crippen LogP contribution in [0.2, 0.25) is 0 Å². The SMILES string of the molecule is COc1cc(NCc2ccc(-c3noc(C)n3)cc2)ncn1. The smallest absolute Gasteiger partial charge is 0.223 e. The van der Waals surface area contributed by atoms with Crippen molar-refractivity contribution in [3.63, 3.8) is 0 Å². The Hall–Kier alpha value is -2.96. The van der Waals surface area contributed by atoms with Gasteiger partial charge in [-0.3, -0.25) is 0 Å². The van der Waals surface area contributed by atoms with Gasteiger partial charge in [0.2, 0.25) is 17.6 Å². The van der Waals surface area contributed by atoms with Crippen LogP contribution < -0.4 is 10.1 Å². The monoisotopic (exact) mass is 297 g/mol. The van der Waals surface area contributed by atoms with E-state index in [1.54, 1.807) is 20.1 Å². The van der Waals surface area contributed by atoms with Crippen LogP contribution in [0.5, 0.6) is 5.88 Å². The molecule has 7 heteroatoms. The van der Waals surface area contributed by atoms with Crippen molar-refractivity contribution in [3.05, 3.63) is 48.1 Å². The summed E-state index contributed by atoms with van der Waals surface area (Å²) in [7, 11) is 1.57. The fourth-order valence-corrected chi connectivity index (χ4v) is 1.93.